The van der Waals surface area contributed by atoms with Gasteiger partial charge >= 0.3 is 6.18 Å². The van der Waals surface area contributed by atoms with Crippen LogP contribution >= 0.6 is 0 Å². The van der Waals surface area contributed by atoms with Crippen molar-refractivity contribution in [2.75, 3.05) is 0 Å². The summed E-state index contributed by atoms with van der Waals surface area (Å²) in [5.41, 5.74) is 0.703. The minimum atomic E-state index is -4.34. The van der Waals surface area contributed by atoms with Crippen LogP contribution < -0.4 is 0 Å². The molecule has 0 aliphatic heterocycles. The molecular formula is C15H16F3N3O. The number of aromatic nitrogens is 3. The molecule has 0 spiro atoms. The zero-order valence-corrected chi connectivity index (χ0v) is 11.8. The zero-order valence-electron chi connectivity index (χ0n) is 11.8. The maximum atomic E-state index is 12.7. The number of halogens is 3. The Morgan fingerprint density at radius 1 is 1.27 bits per heavy atom. The zero-order chi connectivity index (χ0) is 15.7. The predicted molar refractivity (Wildman–Crippen MR) is 73.4 cm³/mol. The average molecular weight is 311 g/mol. The number of alkyl halides is 3. The average Bonchev–Trinajstić information content (AvgIpc) is 3.12. The van der Waals surface area contributed by atoms with Crippen LogP contribution in [0, 0.1) is 5.92 Å². The quantitative estimate of drug-likeness (QED) is 0.923. The van der Waals surface area contributed by atoms with Crippen LogP contribution in [-0.2, 0) is 19.4 Å². The number of hydrogen-bond donors (Lipinski definition) is 1. The van der Waals surface area contributed by atoms with Gasteiger partial charge in [0.2, 0.25) is 0 Å². The van der Waals surface area contributed by atoms with Crippen molar-refractivity contribution in [1.82, 2.24) is 14.8 Å². The Labute approximate surface area is 125 Å². The van der Waals surface area contributed by atoms with Crippen LogP contribution in [0.4, 0.5) is 13.2 Å². The first-order chi connectivity index (χ1) is 10.4. The maximum Gasteiger partial charge on any atom is 0.408 e. The van der Waals surface area contributed by atoms with E-state index < -0.39 is 12.7 Å². The minimum Gasteiger partial charge on any atom is -0.508 e. The lowest BCUT2D eigenvalue weighted by molar-refractivity contribution is -0.143. The van der Waals surface area contributed by atoms with E-state index in [1.54, 1.807) is 12.1 Å². The van der Waals surface area contributed by atoms with E-state index >= 15 is 0 Å². The Balaban J connectivity index is 1.84. The number of nitrogens with zero attached hydrogens (tertiary/aromatic N) is 3. The summed E-state index contributed by atoms with van der Waals surface area (Å²) in [4.78, 5) is 4.27. The molecule has 118 valence electrons. The van der Waals surface area contributed by atoms with Gasteiger partial charge in [-0.25, -0.2) is 9.67 Å². The molecule has 2 aromatic rings. The van der Waals surface area contributed by atoms with Crippen LogP contribution in [-0.4, -0.2) is 26.0 Å². The molecule has 7 heteroatoms. The first-order valence-corrected chi connectivity index (χ1v) is 7.16. The van der Waals surface area contributed by atoms with Gasteiger partial charge in [-0.1, -0.05) is 12.1 Å². The number of hydrogen-bond acceptors (Lipinski definition) is 3. The van der Waals surface area contributed by atoms with Crippen molar-refractivity contribution in [3.63, 3.8) is 0 Å². The van der Waals surface area contributed by atoms with Gasteiger partial charge < -0.3 is 5.11 Å². The SMILES string of the molecule is Oc1cccc(Cc2nc(CC3CC3)nn2CC(F)(F)F)c1. The van der Waals surface area contributed by atoms with E-state index in [0.29, 0.717) is 23.7 Å². The van der Waals surface area contributed by atoms with Crippen LogP contribution in [0.15, 0.2) is 24.3 Å². The van der Waals surface area contributed by atoms with Gasteiger partial charge in [0.25, 0.3) is 0 Å². The minimum absolute atomic E-state index is 0.0811. The van der Waals surface area contributed by atoms with Crippen molar-refractivity contribution >= 4 is 0 Å². The third-order valence-corrected chi connectivity index (χ3v) is 3.56. The van der Waals surface area contributed by atoms with E-state index in [-0.39, 0.29) is 18.0 Å². The highest BCUT2D eigenvalue weighted by molar-refractivity contribution is 5.29. The molecule has 22 heavy (non-hydrogen) atoms. The molecule has 1 aromatic heterocycles. The van der Waals surface area contributed by atoms with Crippen LogP contribution in [0.3, 0.4) is 0 Å². The van der Waals surface area contributed by atoms with Gasteiger partial charge in [-0.2, -0.15) is 18.3 Å². The lowest BCUT2D eigenvalue weighted by Gasteiger charge is -2.09. The van der Waals surface area contributed by atoms with E-state index in [9.17, 15) is 18.3 Å². The van der Waals surface area contributed by atoms with Crippen LogP contribution in [0.25, 0.3) is 0 Å². The number of benzene rings is 1. The molecular weight excluding hydrogens is 295 g/mol. The lowest BCUT2D eigenvalue weighted by atomic mass is 10.1. The molecule has 0 radical (unpaired) electrons. The molecule has 1 aliphatic carbocycles. The van der Waals surface area contributed by atoms with Crippen LogP contribution in [0.1, 0.15) is 30.1 Å². The largest absolute Gasteiger partial charge is 0.508 e. The Kier molecular flexibility index (Phi) is 3.80. The number of aromatic hydroxyl groups is 1. The molecule has 0 bridgehead atoms. The molecule has 4 nitrogen and oxygen atoms in total. The van der Waals surface area contributed by atoms with Gasteiger partial charge in [-0.05, 0) is 36.5 Å². The van der Waals surface area contributed by atoms with Gasteiger partial charge in [0.15, 0.2) is 5.82 Å². The number of rotatable bonds is 5. The highest BCUT2D eigenvalue weighted by atomic mass is 19.4. The summed E-state index contributed by atoms with van der Waals surface area (Å²) >= 11 is 0. The van der Waals surface area contributed by atoms with Crippen molar-refractivity contribution in [2.45, 2.75) is 38.4 Å². The first-order valence-electron chi connectivity index (χ1n) is 7.16. The highest BCUT2D eigenvalue weighted by Gasteiger charge is 2.31. The van der Waals surface area contributed by atoms with Crippen molar-refractivity contribution in [1.29, 1.82) is 0 Å². The summed E-state index contributed by atoms with van der Waals surface area (Å²) < 4.78 is 39.0. The molecule has 0 amide bonds. The summed E-state index contributed by atoms with van der Waals surface area (Å²) in [5, 5.41) is 13.5. The molecule has 1 heterocycles. The molecule has 1 N–H and O–H groups in total. The second-order valence-corrected chi connectivity index (χ2v) is 5.71. The second-order valence-electron chi connectivity index (χ2n) is 5.71. The molecule has 1 aliphatic rings. The fourth-order valence-electron chi connectivity index (χ4n) is 2.37. The fourth-order valence-corrected chi connectivity index (χ4v) is 2.37. The van der Waals surface area contributed by atoms with Gasteiger partial charge in [0.05, 0.1) is 0 Å². The van der Waals surface area contributed by atoms with Crippen LogP contribution in [0.5, 0.6) is 5.75 Å². The van der Waals surface area contributed by atoms with Gasteiger partial charge in [-0.15, -0.1) is 0 Å². The fraction of sp³-hybridized carbons (Fsp3) is 0.467. The van der Waals surface area contributed by atoms with Crippen LogP contribution in [0.2, 0.25) is 0 Å². The molecule has 1 saturated carbocycles. The maximum absolute atomic E-state index is 12.7. The molecule has 1 aromatic carbocycles. The third-order valence-electron chi connectivity index (χ3n) is 3.56. The lowest BCUT2D eigenvalue weighted by Crippen LogP contribution is -2.20. The Morgan fingerprint density at radius 3 is 2.68 bits per heavy atom. The number of phenolic OH excluding ortho intramolecular Hbond substituents is 1. The summed E-state index contributed by atoms with van der Waals surface area (Å²) in [6.45, 7) is -1.14. The Hall–Kier alpha value is -2.05. The summed E-state index contributed by atoms with van der Waals surface area (Å²) in [6.07, 6.45) is -1.30. The smallest absolute Gasteiger partial charge is 0.408 e. The summed E-state index contributed by atoms with van der Waals surface area (Å²) in [6, 6.07) is 6.43. The topological polar surface area (TPSA) is 50.9 Å². The van der Waals surface area contributed by atoms with Gasteiger partial charge in [-0.3, -0.25) is 0 Å². The molecule has 1 fully saturated rings. The summed E-state index contributed by atoms with van der Waals surface area (Å²) in [7, 11) is 0. The van der Waals surface area contributed by atoms with E-state index in [1.807, 2.05) is 0 Å². The number of phenols is 1. The normalized spacial score (nSPS) is 15.2. The molecule has 0 atom stereocenters. The monoisotopic (exact) mass is 311 g/mol. The Bertz CT molecular complexity index is 662. The first kappa shape index (κ1) is 14.9. The Morgan fingerprint density at radius 2 is 2.05 bits per heavy atom. The third kappa shape index (κ3) is 3.99. The van der Waals surface area contributed by atoms with E-state index in [4.69, 9.17) is 0 Å². The molecule has 0 saturated heterocycles. The molecule has 0 unspecified atom stereocenters. The van der Waals surface area contributed by atoms with Crippen molar-refractivity contribution in [3.8, 4) is 5.75 Å². The van der Waals surface area contributed by atoms with Gasteiger partial charge in [0, 0.05) is 12.8 Å². The predicted octanol–water partition coefficient (Wildman–Crippen LogP) is 3.09. The standard InChI is InChI=1S/C15H16F3N3O/c16-15(17,18)9-21-14(8-11-2-1-3-12(22)6-11)19-13(20-21)7-10-4-5-10/h1-3,6,10,22H,4-5,7-9H2. The van der Waals surface area contributed by atoms with Crippen molar-refractivity contribution < 1.29 is 18.3 Å². The summed E-state index contributed by atoms with van der Waals surface area (Å²) in [5.74, 6) is 1.34. The highest BCUT2D eigenvalue weighted by Crippen LogP contribution is 2.32. The van der Waals surface area contributed by atoms with E-state index in [2.05, 4.69) is 10.1 Å². The van der Waals surface area contributed by atoms with Gasteiger partial charge in [0.1, 0.15) is 18.1 Å². The molecule has 3 rings (SSSR count). The van der Waals surface area contributed by atoms with E-state index in [1.165, 1.54) is 12.1 Å². The second kappa shape index (κ2) is 5.62. The van der Waals surface area contributed by atoms with Crippen molar-refractivity contribution in [3.05, 3.63) is 41.5 Å². The van der Waals surface area contributed by atoms with E-state index in [0.717, 1.165) is 17.5 Å². The van der Waals surface area contributed by atoms with Crippen molar-refractivity contribution in [2.24, 2.45) is 5.92 Å².